The van der Waals surface area contributed by atoms with E-state index >= 15 is 0 Å². The number of rotatable bonds is 4. The molecule has 120 valence electrons. The molecule has 0 N–H and O–H groups in total. The zero-order valence-electron chi connectivity index (χ0n) is 14.2. The molecule has 0 atom stereocenters. The van der Waals surface area contributed by atoms with Crippen molar-refractivity contribution in [2.45, 2.75) is 52.4 Å². The van der Waals surface area contributed by atoms with Gasteiger partial charge in [-0.3, -0.25) is 0 Å². The summed E-state index contributed by atoms with van der Waals surface area (Å²) >= 11 is 0. The highest BCUT2D eigenvalue weighted by Gasteiger charge is 2.37. The number of ether oxygens (including phenoxy) is 1. The predicted molar refractivity (Wildman–Crippen MR) is 86.3 cm³/mol. The Kier molecular flexibility index (Phi) is 4.80. The van der Waals surface area contributed by atoms with Crippen LogP contribution in [0.2, 0.25) is 18.1 Å². The molecular weight excluding hydrogens is 284 g/mol. The molecule has 5 nitrogen and oxygen atoms in total. The van der Waals surface area contributed by atoms with Crippen LogP contribution in [0.3, 0.4) is 0 Å². The predicted octanol–water partition coefficient (Wildman–Crippen LogP) is 3.34. The lowest BCUT2D eigenvalue weighted by atomic mass is 10.2. The maximum absolute atomic E-state index is 6.23. The third kappa shape index (κ3) is 3.87. The molecule has 2 rings (SSSR count). The molecule has 0 saturated carbocycles. The van der Waals surface area contributed by atoms with Gasteiger partial charge < -0.3 is 18.5 Å². The summed E-state index contributed by atoms with van der Waals surface area (Å²) in [7, 11) is -1.76. The topological polar surface area (TPSA) is 47.7 Å². The minimum atomic E-state index is -1.76. The van der Waals surface area contributed by atoms with Crippen LogP contribution >= 0.6 is 0 Å². The van der Waals surface area contributed by atoms with Gasteiger partial charge in [0, 0.05) is 13.1 Å². The molecule has 0 spiro atoms. The Bertz CT molecular complexity index is 474. The van der Waals surface area contributed by atoms with Gasteiger partial charge in [-0.2, -0.15) is 4.98 Å². The van der Waals surface area contributed by atoms with E-state index in [2.05, 4.69) is 43.7 Å². The molecule has 21 heavy (non-hydrogen) atoms. The third-order valence-corrected chi connectivity index (χ3v) is 9.02. The Hall–Kier alpha value is -0.853. The van der Waals surface area contributed by atoms with Crippen LogP contribution in [-0.2, 0) is 15.8 Å². The molecule has 0 unspecified atom stereocenters. The van der Waals surface area contributed by atoms with E-state index in [0.29, 0.717) is 12.6 Å². The minimum Gasteiger partial charge on any atom is -0.429 e. The number of morpholine rings is 1. The SMILES string of the molecule is Cc1oc(N2CCOCC2)nc1CO[Si](C)(C)C(C)(C)C. The van der Waals surface area contributed by atoms with E-state index in [9.17, 15) is 0 Å². The summed E-state index contributed by atoms with van der Waals surface area (Å²) in [5, 5.41) is 0.206. The molecule has 0 radical (unpaired) electrons. The van der Waals surface area contributed by atoms with Crippen molar-refractivity contribution in [1.29, 1.82) is 0 Å². The summed E-state index contributed by atoms with van der Waals surface area (Å²) in [5.41, 5.74) is 0.918. The maximum atomic E-state index is 6.23. The zero-order valence-corrected chi connectivity index (χ0v) is 15.2. The molecule has 1 aromatic rings. The molecule has 0 amide bonds. The highest BCUT2D eigenvalue weighted by molar-refractivity contribution is 6.74. The fourth-order valence-corrected chi connectivity index (χ4v) is 2.83. The van der Waals surface area contributed by atoms with Crippen LogP contribution < -0.4 is 4.90 Å². The number of oxazole rings is 1. The van der Waals surface area contributed by atoms with Gasteiger partial charge in [-0.05, 0) is 25.1 Å². The van der Waals surface area contributed by atoms with Crippen molar-refractivity contribution in [2.75, 3.05) is 31.2 Å². The smallest absolute Gasteiger partial charge is 0.297 e. The molecule has 0 aliphatic carbocycles. The normalized spacial score (nSPS) is 17.3. The Labute approximate surface area is 128 Å². The highest BCUT2D eigenvalue weighted by atomic mass is 28.4. The second-order valence-corrected chi connectivity index (χ2v) is 12.0. The maximum Gasteiger partial charge on any atom is 0.297 e. The van der Waals surface area contributed by atoms with Crippen molar-refractivity contribution in [1.82, 2.24) is 4.98 Å². The summed E-state index contributed by atoms with van der Waals surface area (Å²) in [6.45, 7) is 16.9. The summed E-state index contributed by atoms with van der Waals surface area (Å²) in [4.78, 5) is 6.75. The molecule has 1 aromatic heterocycles. The van der Waals surface area contributed by atoms with Crippen molar-refractivity contribution in [2.24, 2.45) is 0 Å². The molecule has 6 heteroatoms. The molecule has 2 heterocycles. The van der Waals surface area contributed by atoms with Gasteiger partial charge in [-0.15, -0.1) is 0 Å². The standard InChI is InChI=1S/C15H28N2O3Si/c1-12-13(11-19-21(5,6)15(2,3)4)16-14(20-12)17-7-9-18-10-8-17/h7-11H2,1-6H3. The van der Waals surface area contributed by atoms with Crippen molar-refractivity contribution < 1.29 is 13.6 Å². The van der Waals surface area contributed by atoms with Crippen LogP contribution in [0, 0.1) is 6.92 Å². The largest absolute Gasteiger partial charge is 0.429 e. The first kappa shape index (κ1) is 16.5. The fraction of sp³-hybridized carbons (Fsp3) is 0.800. The highest BCUT2D eigenvalue weighted by Crippen LogP contribution is 2.37. The van der Waals surface area contributed by atoms with Crippen molar-refractivity contribution in [3.05, 3.63) is 11.5 Å². The van der Waals surface area contributed by atoms with Crippen molar-refractivity contribution in [3.63, 3.8) is 0 Å². The molecule has 1 fully saturated rings. The van der Waals surface area contributed by atoms with E-state index in [-0.39, 0.29) is 5.04 Å². The first-order chi connectivity index (χ1) is 9.71. The quantitative estimate of drug-likeness (QED) is 0.798. The second-order valence-electron chi connectivity index (χ2n) is 7.15. The number of hydrogen-bond donors (Lipinski definition) is 0. The first-order valence-electron chi connectivity index (χ1n) is 7.64. The first-order valence-corrected chi connectivity index (χ1v) is 10.5. The number of hydrogen-bond acceptors (Lipinski definition) is 5. The lowest BCUT2D eigenvalue weighted by Crippen LogP contribution is -2.40. The number of nitrogens with zero attached hydrogens (tertiary/aromatic N) is 2. The van der Waals surface area contributed by atoms with Crippen LogP contribution in [-0.4, -0.2) is 39.6 Å². The van der Waals surface area contributed by atoms with E-state index in [0.717, 1.165) is 37.8 Å². The van der Waals surface area contributed by atoms with Gasteiger partial charge >= 0.3 is 0 Å². The minimum absolute atomic E-state index is 0.206. The lowest BCUT2D eigenvalue weighted by Gasteiger charge is -2.35. The second kappa shape index (κ2) is 6.10. The van der Waals surface area contributed by atoms with E-state index in [4.69, 9.17) is 13.6 Å². The van der Waals surface area contributed by atoms with Crippen LogP contribution in [0.25, 0.3) is 0 Å². The lowest BCUT2D eigenvalue weighted by molar-refractivity contribution is 0.120. The van der Waals surface area contributed by atoms with E-state index in [1.807, 2.05) is 6.92 Å². The van der Waals surface area contributed by atoms with Gasteiger partial charge in [0.05, 0.1) is 19.8 Å². The third-order valence-electron chi connectivity index (χ3n) is 4.54. The van der Waals surface area contributed by atoms with Crippen LogP contribution in [0.4, 0.5) is 6.01 Å². The Morgan fingerprint density at radius 3 is 2.43 bits per heavy atom. The number of anilines is 1. The average molecular weight is 312 g/mol. The van der Waals surface area contributed by atoms with E-state index in [1.165, 1.54) is 0 Å². The summed E-state index contributed by atoms with van der Waals surface area (Å²) in [6.07, 6.45) is 0. The number of aromatic nitrogens is 1. The average Bonchev–Trinajstić information content (AvgIpc) is 2.78. The molecule has 0 aromatic carbocycles. The molecule has 0 bridgehead atoms. The van der Waals surface area contributed by atoms with Gasteiger partial charge in [-0.1, -0.05) is 20.8 Å². The van der Waals surface area contributed by atoms with Crippen LogP contribution in [0.5, 0.6) is 0 Å². The Morgan fingerprint density at radius 1 is 1.24 bits per heavy atom. The van der Waals surface area contributed by atoms with Crippen LogP contribution in [0.1, 0.15) is 32.2 Å². The van der Waals surface area contributed by atoms with Crippen LogP contribution in [0.15, 0.2) is 4.42 Å². The van der Waals surface area contributed by atoms with Gasteiger partial charge in [0.1, 0.15) is 11.5 Å². The molecule has 1 saturated heterocycles. The van der Waals surface area contributed by atoms with Gasteiger partial charge in [0.15, 0.2) is 8.32 Å². The molecule has 1 aliphatic rings. The Morgan fingerprint density at radius 2 is 1.86 bits per heavy atom. The zero-order chi connectivity index (χ0) is 15.7. The summed E-state index contributed by atoms with van der Waals surface area (Å²) in [6, 6.07) is 0.699. The van der Waals surface area contributed by atoms with E-state index in [1.54, 1.807) is 0 Å². The summed E-state index contributed by atoms with van der Waals surface area (Å²) in [5.74, 6) is 0.857. The Balaban J connectivity index is 2.03. The fourth-order valence-electron chi connectivity index (χ4n) is 1.90. The summed E-state index contributed by atoms with van der Waals surface area (Å²) < 4.78 is 17.4. The molecule has 1 aliphatic heterocycles. The monoisotopic (exact) mass is 312 g/mol. The van der Waals surface area contributed by atoms with E-state index < -0.39 is 8.32 Å². The molecular formula is C15H28N2O3Si. The number of aryl methyl sites for hydroxylation is 1. The van der Waals surface area contributed by atoms with Gasteiger partial charge in [0.2, 0.25) is 0 Å². The van der Waals surface area contributed by atoms with Gasteiger partial charge in [0.25, 0.3) is 6.01 Å². The van der Waals surface area contributed by atoms with Crippen molar-refractivity contribution in [3.8, 4) is 0 Å². The van der Waals surface area contributed by atoms with Gasteiger partial charge in [-0.25, -0.2) is 0 Å². The van der Waals surface area contributed by atoms with Crippen molar-refractivity contribution >= 4 is 14.3 Å².